The van der Waals surface area contributed by atoms with Crippen molar-refractivity contribution in [2.45, 2.75) is 13.0 Å². The second-order valence-corrected chi connectivity index (χ2v) is 7.79. The lowest BCUT2D eigenvalue weighted by atomic mass is 9.96. The van der Waals surface area contributed by atoms with Crippen LogP contribution in [-0.2, 0) is 9.53 Å². The average Bonchev–Trinajstić information content (AvgIpc) is 3.08. The van der Waals surface area contributed by atoms with Crippen molar-refractivity contribution in [1.29, 1.82) is 0 Å². The number of thiazole rings is 1. The molecule has 0 N–H and O–H groups in total. The fraction of sp³-hybridized carbons (Fsp3) is 0.125. The first-order valence-electron chi connectivity index (χ1n) is 9.47. The number of benzene rings is 2. The second kappa shape index (κ2) is 8.47. The number of rotatable bonds is 4. The van der Waals surface area contributed by atoms with Gasteiger partial charge in [0.05, 0.1) is 29.0 Å². The van der Waals surface area contributed by atoms with E-state index in [-0.39, 0.29) is 5.56 Å². The minimum atomic E-state index is -0.574. The van der Waals surface area contributed by atoms with Crippen molar-refractivity contribution in [2.24, 2.45) is 4.99 Å². The van der Waals surface area contributed by atoms with Gasteiger partial charge in [0.2, 0.25) is 0 Å². The largest absolute Gasteiger partial charge is 0.466 e. The highest BCUT2D eigenvalue weighted by Crippen LogP contribution is 2.30. The highest BCUT2D eigenvalue weighted by molar-refractivity contribution is 7.07. The first-order valence-corrected chi connectivity index (χ1v) is 10.3. The molecular formula is C24H20N2O3S. The normalized spacial score (nSPS) is 16.5. The Morgan fingerprint density at radius 2 is 1.77 bits per heavy atom. The fourth-order valence-corrected chi connectivity index (χ4v) is 4.47. The number of carbonyl (C=O) groups is 1. The van der Waals surface area contributed by atoms with Gasteiger partial charge in [0.15, 0.2) is 4.80 Å². The summed E-state index contributed by atoms with van der Waals surface area (Å²) in [7, 11) is 1.34. The maximum absolute atomic E-state index is 13.3. The first-order chi connectivity index (χ1) is 14.6. The Morgan fingerprint density at radius 1 is 1.10 bits per heavy atom. The molecule has 0 bridgehead atoms. The van der Waals surface area contributed by atoms with Crippen molar-refractivity contribution in [2.75, 3.05) is 7.11 Å². The Labute approximate surface area is 177 Å². The van der Waals surface area contributed by atoms with Gasteiger partial charge in [0, 0.05) is 0 Å². The standard InChI is InChI=1S/C24H20N2O3S/c1-16-20(23(28)29-2)21(18-13-7-4-8-14-18)26-22(27)19(30-24(26)25-16)15-9-12-17-10-5-3-6-11-17/h3-15,21H,1-2H3. The van der Waals surface area contributed by atoms with E-state index in [0.29, 0.717) is 20.6 Å². The Kier molecular flexibility index (Phi) is 5.59. The van der Waals surface area contributed by atoms with Crippen LogP contribution in [0.25, 0.3) is 12.2 Å². The minimum Gasteiger partial charge on any atom is -0.466 e. The van der Waals surface area contributed by atoms with Crippen LogP contribution in [0.5, 0.6) is 0 Å². The van der Waals surface area contributed by atoms with Crippen LogP contribution in [0.3, 0.4) is 0 Å². The predicted octanol–water partition coefficient (Wildman–Crippen LogP) is 3.07. The molecule has 6 heteroatoms. The SMILES string of the molecule is COC(=O)C1=C(C)N=c2sc(=CC=Cc3ccccc3)c(=O)n2C1c1ccccc1. The number of esters is 1. The number of carbonyl (C=O) groups excluding carboxylic acids is 1. The summed E-state index contributed by atoms with van der Waals surface area (Å²) in [5.41, 5.74) is 2.64. The zero-order chi connectivity index (χ0) is 21.1. The monoisotopic (exact) mass is 416 g/mol. The van der Waals surface area contributed by atoms with Gasteiger partial charge >= 0.3 is 5.97 Å². The number of fused-ring (bicyclic) bond motifs is 1. The Morgan fingerprint density at radius 3 is 2.43 bits per heavy atom. The molecular weight excluding hydrogens is 396 g/mol. The molecule has 0 fully saturated rings. The van der Waals surface area contributed by atoms with Crippen molar-refractivity contribution in [3.05, 3.63) is 109 Å². The summed E-state index contributed by atoms with van der Waals surface area (Å²) in [5, 5.41) is 0. The van der Waals surface area contributed by atoms with Gasteiger partial charge in [-0.3, -0.25) is 9.36 Å². The number of aromatic nitrogens is 1. The van der Waals surface area contributed by atoms with Gasteiger partial charge < -0.3 is 4.74 Å². The van der Waals surface area contributed by atoms with E-state index in [2.05, 4.69) is 4.99 Å². The van der Waals surface area contributed by atoms with Gasteiger partial charge in [-0.2, -0.15) is 0 Å². The summed E-state index contributed by atoms with van der Waals surface area (Å²) in [6.45, 7) is 1.77. The summed E-state index contributed by atoms with van der Waals surface area (Å²) in [5.74, 6) is -0.483. The molecule has 0 spiro atoms. The van der Waals surface area contributed by atoms with Crippen LogP contribution in [0.2, 0.25) is 0 Å². The summed E-state index contributed by atoms with van der Waals surface area (Å²) >= 11 is 1.31. The molecule has 1 unspecified atom stereocenters. The lowest BCUT2D eigenvalue weighted by Gasteiger charge is -2.24. The number of nitrogens with zero attached hydrogens (tertiary/aromatic N) is 2. The average molecular weight is 417 g/mol. The molecule has 1 aromatic heterocycles. The summed E-state index contributed by atoms with van der Waals surface area (Å²) in [4.78, 5) is 30.9. The van der Waals surface area contributed by atoms with Gasteiger partial charge in [-0.15, -0.1) is 0 Å². The maximum atomic E-state index is 13.3. The topological polar surface area (TPSA) is 60.7 Å². The van der Waals surface area contributed by atoms with E-state index in [4.69, 9.17) is 4.74 Å². The van der Waals surface area contributed by atoms with E-state index in [1.54, 1.807) is 17.6 Å². The molecule has 0 saturated heterocycles. The number of hydrogen-bond donors (Lipinski definition) is 0. The molecule has 1 aliphatic rings. The molecule has 30 heavy (non-hydrogen) atoms. The van der Waals surface area contributed by atoms with E-state index in [9.17, 15) is 9.59 Å². The molecule has 1 atom stereocenters. The van der Waals surface area contributed by atoms with Gasteiger partial charge in [-0.05, 0) is 24.1 Å². The van der Waals surface area contributed by atoms with Crippen LogP contribution in [-0.4, -0.2) is 17.6 Å². The number of allylic oxidation sites excluding steroid dienone is 2. The van der Waals surface area contributed by atoms with Gasteiger partial charge in [0.1, 0.15) is 0 Å². The lowest BCUT2D eigenvalue weighted by molar-refractivity contribution is -0.136. The van der Waals surface area contributed by atoms with Crippen LogP contribution < -0.4 is 14.9 Å². The number of hydrogen-bond acceptors (Lipinski definition) is 5. The van der Waals surface area contributed by atoms with E-state index in [1.165, 1.54) is 18.4 Å². The predicted molar refractivity (Wildman–Crippen MR) is 119 cm³/mol. The van der Waals surface area contributed by atoms with Crippen molar-refractivity contribution in [3.8, 4) is 0 Å². The second-order valence-electron chi connectivity index (χ2n) is 6.78. The summed E-state index contributed by atoms with van der Waals surface area (Å²) in [6.07, 6.45) is 5.58. The van der Waals surface area contributed by atoms with Crippen LogP contribution in [0, 0.1) is 0 Å². The molecule has 0 radical (unpaired) electrons. The molecule has 0 amide bonds. The van der Waals surface area contributed by atoms with Gasteiger partial charge in [-0.1, -0.05) is 84.2 Å². The van der Waals surface area contributed by atoms with E-state index in [0.717, 1.165) is 11.1 Å². The lowest BCUT2D eigenvalue weighted by Crippen LogP contribution is -2.39. The Bertz CT molecular complexity index is 1320. The molecule has 5 nitrogen and oxygen atoms in total. The molecule has 2 aromatic carbocycles. The molecule has 0 saturated carbocycles. The molecule has 3 aromatic rings. The Hall–Kier alpha value is -3.51. The third-order valence-electron chi connectivity index (χ3n) is 4.88. The summed E-state index contributed by atoms with van der Waals surface area (Å²) < 4.78 is 7.14. The van der Waals surface area contributed by atoms with Crippen LogP contribution in [0.1, 0.15) is 24.1 Å². The van der Waals surface area contributed by atoms with Crippen molar-refractivity contribution in [1.82, 2.24) is 4.57 Å². The number of methoxy groups -OCH3 is 1. The highest BCUT2D eigenvalue weighted by Gasteiger charge is 2.32. The fourth-order valence-electron chi connectivity index (χ4n) is 3.47. The van der Waals surface area contributed by atoms with E-state index in [1.807, 2.05) is 72.8 Å². The van der Waals surface area contributed by atoms with Crippen molar-refractivity contribution < 1.29 is 9.53 Å². The third-order valence-corrected chi connectivity index (χ3v) is 5.88. The third kappa shape index (κ3) is 3.69. The minimum absolute atomic E-state index is 0.181. The summed E-state index contributed by atoms with van der Waals surface area (Å²) in [6, 6.07) is 18.8. The maximum Gasteiger partial charge on any atom is 0.338 e. The van der Waals surface area contributed by atoms with Gasteiger partial charge in [0.25, 0.3) is 5.56 Å². The molecule has 1 aliphatic heterocycles. The molecule has 0 aliphatic carbocycles. The first kappa shape index (κ1) is 19.8. The zero-order valence-corrected chi connectivity index (χ0v) is 17.4. The number of ether oxygens (including phenoxy) is 1. The van der Waals surface area contributed by atoms with Crippen molar-refractivity contribution >= 4 is 29.5 Å². The smallest absolute Gasteiger partial charge is 0.338 e. The van der Waals surface area contributed by atoms with Crippen LogP contribution in [0.4, 0.5) is 0 Å². The molecule has 4 rings (SSSR count). The van der Waals surface area contributed by atoms with Crippen molar-refractivity contribution in [3.63, 3.8) is 0 Å². The quantitative estimate of drug-likeness (QED) is 0.614. The molecule has 2 heterocycles. The van der Waals surface area contributed by atoms with Crippen LogP contribution >= 0.6 is 11.3 Å². The zero-order valence-electron chi connectivity index (χ0n) is 16.6. The van der Waals surface area contributed by atoms with E-state index >= 15 is 0 Å². The van der Waals surface area contributed by atoms with E-state index < -0.39 is 12.0 Å². The highest BCUT2D eigenvalue weighted by atomic mass is 32.1. The van der Waals surface area contributed by atoms with Crippen LogP contribution in [0.15, 0.2) is 87.8 Å². The van der Waals surface area contributed by atoms with Gasteiger partial charge in [-0.25, -0.2) is 9.79 Å². The Balaban J connectivity index is 1.87. The molecule has 150 valence electrons.